The number of fused-ring (bicyclic) bond motifs is 1. The summed E-state index contributed by atoms with van der Waals surface area (Å²) in [6.07, 6.45) is 1.68. The van der Waals surface area contributed by atoms with Crippen molar-refractivity contribution in [2.45, 2.75) is 13.1 Å². The van der Waals surface area contributed by atoms with Crippen LogP contribution in [0.4, 0.5) is 15.8 Å². The Hall–Kier alpha value is -2.48. The van der Waals surface area contributed by atoms with Crippen LogP contribution in [0.3, 0.4) is 0 Å². The van der Waals surface area contributed by atoms with Gasteiger partial charge in [-0.15, -0.1) is 10.2 Å². The molecule has 0 fully saturated rings. The maximum Gasteiger partial charge on any atom is 0.238 e. The van der Waals surface area contributed by atoms with E-state index in [1.807, 2.05) is 9.47 Å². The Bertz CT molecular complexity index is 670. The third-order valence-corrected chi connectivity index (χ3v) is 3.35. The number of anilines is 2. The highest BCUT2D eigenvalue weighted by molar-refractivity contribution is 5.92. The summed E-state index contributed by atoms with van der Waals surface area (Å²) < 4.78 is 15.5. The molecule has 0 unspecified atom stereocenters. The molecule has 7 nitrogen and oxygen atoms in total. The van der Waals surface area contributed by atoms with E-state index in [4.69, 9.17) is 5.73 Å². The highest BCUT2D eigenvalue weighted by Gasteiger charge is 2.19. The molecule has 0 saturated carbocycles. The van der Waals surface area contributed by atoms with Crippen molar-refractivity contribution in [1.29, 1.82) is 0 Å². The van der Waals surface area contributed by atoms with Gasteiger partial charge in [-0.25, -0.2) is 4.39 Å². The lowest BCUT2D eigenvalue weighted by Crippen LogP contribution is -2.39. The topological polar surface area (TPSA) is 89.1 Å². The summed E-state index contributed by atoms with van der Waals surface area (Å²) in [7, 11) is 0. The Morgan fingerprint density at radius 3 is 3.14 bits per heavy atom. The molecule has 3 N–H and O–H groups in total. The van der Waals surface area contributed by atoms with Gasteiger partial charge in [0, 0.05) is 18.8 Å². The standard InChI is InChI=1S/C13H15FN6O/c14-10-2-1-9(15)5-11(10)17-13(21)7-19-3-4-20-8-16-18-12(20)6-19/h1-2,5,8H,3-4,6-7,15H2,(H,17,21). The number of nitrogen functional groups attached to an aromatic ring is 1. The molecule has 0 bridgehead atoms. The maximum atomic E-state index is 13.6. The lowest BCUT2D eigenvalue weighted by atomic mass is 10.2. The summed E-state index contributed by atoms with van der Waals surface area (Å²) in [5.74, 6) is 0.0348. The van der Waals surface area contributed by atoms with Crippen molar-refractivity contribution in [2.75, 3.05) is 24.1 Å². The number of halogens is 1. The van der Waals surface area contributed by atoms with Crippen LogP contribution in [-0.2, 0) is 17.9 Å². The van der Waals surface area contributed by atoms with Gasteiger partial charge in [-0.05, 0) is 18.2 Å². The van der Waals surface area contributed by atoms with Crippen LogP contribution in [0, 0.1) is 5.82 Å². The van der Waals surface area contributed by atoms with Crippen molar-refractivity contribution in [3.05, 3.63) is 36.2 Å². The average molecular weight is 290 g/mol. The van der Waals surface area contributed by atoms with Gasteiger partial charge in [-0.2, -0.15) is 0 Å². The minimum absolute atomic E-state index is 0.0974. The van der Waals surface area contributed by atoms with Crippen LogP contribution < -0.4 is 11.1 Å². The number of carbonyl (C=O) groups excluding carboxylic acids is 1. The van der Waals surface area contributed by atoms with Crippen LogP contribution in [0.2, 0.25) is 0 Å². The van der Waals surface area contributed by atoms with E-state index in [9.17, 15) is 9.18 Å². The van der Waals surface area contributed by atoms with Gasteiger partial charge >= 0.3 is 0 Å². The number of aromatic nitrogens is 3. The molecular formula is C13H15FN6O. The van der Waals surface area contributed by atoms with Gasteiger partial charge in [0.15, 0.2) is 0 Å². The number of nitrogens with two attached hydrogens (primary N) is 1. The lowest BCUT2D eigenvalue weighted by molar-refractivity contribution is -0.117. The molecule has 0 atom stereocenters. The first-order valence-electron chi connectivity index (χ1n) is 6.56. The second kappa shape index (κ2) is 5.49. The number of nitrogens with zero attached hydrogens (tertiary/aromatic N) is 4. The van der Waals surface area contributed by atoms with Crippen molar-refractivity contribution in [2.24, 2.45) is 0 Å². The molecule has 1 amide bonds. The van der Waals surface area contributed by atoms with Crippen molar-refractivity contribution in [1.82, 2.24) is 19.7 Å². The zero-order valence-electron chi connectivity index (χ0n) is 11.3. The Morgan fingerprint density at radius 1 is 1.43 bits per heavy atom. The summed E-state index contributed by atoms with van der Waals surface area (Å²) >= 11 is 0. The predicted octanol–water partition coefficient (Wildman–Crippen LogP) is 0.454. The molecule has 3 rings (SSSR count). The molecule has 2 heterocycles. The van der Waals surface area contributed by atoms with E-state index in [-0.39, 0.29) is 18.1 Å². The van der Waals surface area contributed by atoms with Crippen molar-refractivity contribution in [3.63, 3.8) is 0 Å². The van der Waals surface area contributed by atoms with E-state index in [0.29, 0.717) is 12.2 Å². The quantitative estimate of drug-likeness (QED) is 0.801. The van der Waals surface area contributed by atoms with Crippen molar-refractivity contribution >= 4 is 17.3 Å². The zero-order chi connectivity index (χ0) is 14.8. The van der Waals surface area contributed by atoms with Crippen molar-refractivity contribution in [3.8, 4) is 0 Å². The Balaban J connectivity index is 1.61. The number of benzene rings is 1. The second-order valence-electron chi connectivity index (χ2n) is 4.94. The number of carbonyl (C=O) groups is 1. The zero-order valence-corrected chi connectivity index (χ0v) is 11.3. The number of hydrogen-bond acceptors (Lipinski definition) is 5. The van der Waals surface area contributed by atoms with Crippen LogP contribution in [0.15, 0.2) is 24.5 Å². The second-order valence-corrected chi connectivity index (χ2v) is 4.94. The maximum absolute atomic E-state index is 13.6. The van der Waals surface area contributed by atoms with Crippen LogP contribution in [0.1, 0.15) is 5.82 Å². The van der Waals surface area contributed by atoms with Crippen molar-refractivity contribution < 1.29 is 9.18 Å². The van der Waals surface area contributed by atoms with E-state index in [0.717, 1.165) is 18.9 Å². The molecule has 0 aliphatic carbocycles. The van der Waals surface area contributed by atoms with Gasteiger partial charge in [-0.3, -0.25) is 9.69 Å². The smallest absolute Gasteiger partial charge is 0.238 e. The fourth-order valence-electron chi connectivity index (χ4n) is 2.28. The van der Waals surface area contributed by atoms with Gasteiger partial charge in [0.25, 0.3) is 0 Å². The van der Waals surface area contributed by atoms with E-state index in [1.54, 1.807) is 6.33 Å². The van der Waals surface area contributed by atoms with E-state index in [1.165, 1.54) is 18.2 Å². The van der Waals surface area contributed by atoms with E-state index >= 15 is 0 Å². The molecule has 21 heavy (non-hydrogen) atoms. The molecule has 1 aliphatic rings. The molecule has 8 heteroatoms. The Kier molecular flexibility index (Phi) is 3.53. The minimum Gasteiger partial charge on any atom is -0.399 e. The van der Waals surface area contributed by atoms with E-state index < -0.39 is 5.82 Å². The minimum atomic E-state index is -0.504. The van der Waals surface area contributed by atoms with Gasteiger partial charge in [0.2, 0.25) is 5.91 Å². The summed E-state index contributed by atoms with van der Waals surface area (Å²) in [5.41, 5.74) is 6.08. The molecule has 1 aromatic carbocycles. The molecule has 0 radical (unpaired) electrons. The highest BCUT2D eigenvalue weighted by atomic mass is 19.1. The SMILES string of the molecule is Nc1ccc(F)c(NC(=O)CN2CCn3cnnc3C2)c1. The summed E-state index contributed by atoms with van der Waals surface area (Å²) in [4.78, 5) is 13.9. The summed E-state index contributed by atoms with van der Waals surface area (Å²) in [6, 6.07) is 4.08. The lowest BCUT2D eigenvalue weighted by Gasteiger charge is -2.26. The van der Waals surface area contributed by atoms with Gasteiger partial charge in [0.1, 0.15) is 18.0 Å². The van der Waals surface area contributed by atoms with Crippen LogP contribution in [0.25, 0.3) is 0 Å². The van der Waals surface area contributed by atoms with Crippen LogP contribution >= 0.6 is 0 Å². The molecule has 0 saturated heterocycles. The molecule has 2 aromatic rings. The molecule has 1 aromatic heterocycles. The fraction of sp³-hybridized carbons (Fsp3) is 0.308. The number of hydrogen-bond donors (Lipinski definition) is 2. The largest absolute Gasteiger partial charge is 0.399 e. The summed E-state index contributed by atoms with van der Waals surface area (Å²) in [6.45, 7) is 2.17. The molecule has 1 aliphatic heterocycles. The number of nitrogens with one attached hydrogen (secondary N) is 1. The van der Waals surface area contributed by atoms with Crippen LogP contribution in [0.5, 0.6) is 0 Å². The van der Waals surface area contributed by atoms with Gasteiger partial charge < -0.3 is 15.6 Å². The predicted molar refractivity (Wildman–Crippen MR) is 74.7 cm³/mol. The highest BCUT2D eigenvalue weighted by Crippen LogP contribution is 2.17. The first kappa shape index (κ1) is 13.5. The normalized spacial score (nSPS) is 14.7. The first-order chi connectivity index (χ1) is 10.1. The monoisotopic (exact) mass is 290 g/mol. The average Bonchev–Trinajstić information content (AvgIpc) is 2.90. The van der Waals surface area contributed by atoms with E-state index in [2.05, 4.69) is 15.5 Å². The molecular weight excluding hydrogens is 275 g/mol. The first-order valence-corrected chi connectivity index (χ1v) is 6.56. The van der Waals surface area contributed by atoms with Crippen LogP contribution in [-0.4, -0.2) is 38.7 Å². The third kappa shape index (κ3) is 3.00. The molecule has 110 valence electrons. The fourth-order valence-corrected chi connectivity index (χ4v) is 2.28. The third-order valence-electron chi connectivity index (χ3n) is 3.35. The Morgan fingerprint density at radius 2 is 2.29 bits per heavy atom. The van der Waals surface area contributed by atoms with Gasteiger partial charge in [0.05, 0.1) is 18.8 Å². The number of rotatable bonds is 3. The summed E-state index contributed by atoms with van der Waals surface area (Å²) in [5, 5.41) is 10.4. The Labute approximate surface area is 120 Å². The number of amides is 1. The van der Waals surface area contributed by atoms with Gasteiger partial charge in [-0.1, -0.05) is 0 Å². The molecule has 0 spiro atoms.